The standard InChI is InChI=1S/C27H21BrClF3N2O5S/c1-4-10-39-22-17(28)11-14(12-18(22)37-3)13-19-24(35)34-21(15-6-8-16(29)9-7-15)20(25(36)38-5-2)23(27(30,31)32)33-26(34)40-19/h4,6-9,11-13,21H,1,5,10H2,2-3H3/b19-13-/t21-/m1/s1. The second-order valence-corrected chi connectivity index (χ2v) is 10.5. The van der Waals surface area contributed by atoms with Gasteiger partial charge in [-0.3, -0.25) is 9.36 Å². The summed E-state index contributed by atoms with van der Waals surface area (Å²) >= 11 is 10.2. The van der Waals surface area contributed by atoms with E-state index in [1.165, 1.54) is 44.4 Å². The molecule has 0 saturated heterocycles. The van der Waals surface area contributed by atoms with E-state index in [9.17, 15) is 22.8 Å². The highest BCUT2D eigenvalue weighted by molar-refractivity contribution is 9.10. The molecular formula is C27H21BrClF3N2O5S. The van der Waals surface area contributed by atoms with Gasteiger partial charge in [0.2, 0.25) is 0 Å². The maximum atomic E-state index is 14.2. The highest BCUT2D eigenvalue weighted by Gasteiger charge is 2.45. The number of benzene rings is 2. The van der Waals surface area contributed by atoms with E-state index in [1.54, 1.807) is 18.2 Å². The van der Waals surface area contributed by atoms with Gasteiger partial charge in [-0.25, -0.2) is 9.79 Å². The van der Waals surface area contributed by atoms with Crippen LogP contribution < -0.4 is 24.4 Å². The number of rotatable bonds is 8. The maximum Gasteiger partial charge on any atom is 0.434 e. The number of methoxy groups -OCH3 is 1. The molecule has 0 spiro atoms. The Balaban J connectivity index is 1.99. The summed E-state index contributed by atoms with van der Waals surface area (Å²) in [6.07, 6.45) is -1.94. The van der Waals surface area contributed by atoms with Crippen LogP contribution in [0.4, 0.5) is 13.2 Å². The fraction of sp³-hybridized carbons (Fsp3) is 0.222. The number of thiazole rings is 1. The maximum absolute atomic E-state index is 14.2. The quantitative estimate of drug-likeness (QED) is 0.242. The molecule has 40 heavy (non-hydrogen) atoms. The Morgan fingerprint density at radius 2 is 1.98 bits per heavy atom. The third-order valence-electron chi connectivity index (χ3n) is 5.68. The van der Waals surface area contributed by atoms with Crippen LogP contribution in [-0.4, -0.2) is 37.0 Å². The second-order valence-electron chi connectivity index (χ2n) is 8.25. The molecule has 7 nitrogen and oxygen atoms in total. The third-order valence-corrected chi connectivity index (χ3v) is 7.50. The summed E-state index contributed by atoms with van der Waals surface area (Å²) in [6, 6.07) is 7.65. The molecule has 1 aromatic heterocycles. The number of ether oxygens (including phenoxy) is 3. The first-order chi connectivity index (χ1) is 19.0. The molecule has 0 aliphatic carbocycles. The lowest BCUT2D eigenvalue weighted by Crippen LogP contribution is -2.41. The molecule has 4 rings (SSSR count). The fourth-order valence-corrected chi connectivity index (χ4v) is 5.76. The van der Waals surface area contributed by atoms with Crippen LogP contribution in [0, 0.1) is 0 Å². The van der Waals surface area contributed by atoms with Crippen molar-refractivity contribution in [2.45, 2.75) is 19.1 Å². The Hall–Kier alpha value is -3.35. The second kappa shape index (κ2) is 12.0. The van der Waals surface area contributed by atoms with Crippen LogP contribution in [0.1, 0.15) is 24.1 Å². The number of halogens is 5. The number of aromatic nitrogens is 1. The molecule has 3 aromatic rings. The van der Waals surface area contributed by atoms with Gasteiger partial charge in [0, 0.05) is 5.02 Å². The van der Waals surface area contributed by atoms with Gasteiger partial charge in [0.05, 0.1) is 34.3 Å². The van der Waals surface area contributed by atoms with Gasteiger partial charge in [-0.15, -0.1) is 0 Å². The molecule has 1 atom stereocenters. The molecule has 0 bridgehead atoms. The number of hydrogen-bond acceptors (Lipinski definition) is 7. The van der Waals surface area contributed by atoms with Crippen molar-refractivity contribution < 1.29 is 32.2 Å². The molecule has 2 aromatic carbocycles. The van der Waals surface area contributed by atoms with Gasteiger partial charge in [0.25, 0.3) is 5.56 Å². The van der Waals surface area contributed by atoms with Gasteiger partial charge in [-0.1, -0.05) is 47.7 Å². The van der Waals surface area contributed by atoms with Crippen LogP contribution >= 0.6 is 38.9 Å². The topological polar surface area (TPSA) is 79.1 Å². The van der Waals surface area contributed by atoms with E-state index < -0.39 is 35.0 Å². The predicted octanol–water partition coefficient (Wildman–Crippen LogP) is 5.33. The lowest BCUT2D eigenvalue weighted by atomic mass is 9.95. The van der Waals surface area contributed by atoms with Crippen LogP contribution in [0.25, 0.3) is 6.08 Å². The Kier molecular flexibility index (Phi) is 8.91. The summed E-state index contributed by atoms with van der Waals surface area (Å²) in [7, 11) is 1.45. The Morgan fingerprint density at radius 1 is 1.27 bits per heavy atom. The van der Waals surface area contributed by atoms with Crippen LogP contribution in [0.2, 0.25) is 5.02 Å². The van der Waals surface area contributed by atoms with Gasteiger partial charge in [0.15, 0.2) is 22.0 Å². The minimum atomic E-state index is -5.00. The number of alkyl halides is 3. The Bertz CT molecular complexity index is 1680. The highest BCUT2D eigenvalue weighted by atomic mass is 79.9. The smallest absolute Gasteiger partial charge is 0.434 e. The number of nitrogens with zero attached hydrogens (tertiary/aromatic N) is 2. The van der Waals surface area contributed by atoms with Crippen molar-refractivity contribution in [2.24, 2.45) is 4.99 Å². The van der Waals surface area contributed by atoms with E-state index in [1.807, 2.05) is 0 Å². The summed E-state index contributed by atoms with van der Waals surface area (Å²) in [5.74, 6) is -0.451. The van der Waals surface area contributed by atoms with E-state index in [0.717, 1.165) is 15.9 Å². The first kappa shape index (κ1) is 29.6. The average molecular weight is 658 g/mol. The van der Waals surface area contributed by atoms with Crippen molar-refractivity contribution in [3.8, 4) is 11.5 Å². The largest absolute Gasteiger partial charge is 0.493 e. The number of esters is 1. The Labute approximate surface area is 243 Å². The van der Waals surface area contributed by atoms with Crippen molar-refractivity contribution in [2.75, 3.05) is 20.3 Å². The highest BCUT2D eigenvalue weighted by Crippen LogP contribution is 2.39. The number of carbonyl (C=O) groups excluding carboxylic acids is 1. The number of allylic oxidation sites excluding steroid dienone is 1. The van der Waals surface area contributed by atoms with E-state index in [2.05, 4.69) is 27.5 Å². The van der Waals surface area contributed by atoms with Gasteiger partial charge in [-0.05, 0) is 64.3 Å². The van der Waals surface area contributed by atoms with Crippen molar-refractivity contribution in [1.29, 1.82) is 0 Å². The average Bonchev–Trinajstić information content (AvgIpc) is 3.21. The lowest BCUT2D eigenvalue weighted by Gasteiger charge is -2.26. The molecular weight excluding hydrogens is 637 g/mol. The van der Waals surface area contributed by atoms with E-state index >= 15 is 0 Å². The molecule has 0 unspecified atom stereocenters. The zero-order valence-electron chi connectivity index (χ0n) is 21.1. The summed E-state index contributed by atoms with van der Waals surface area (Å²) < 4.78 is 60.4. The van der Waals surface area contributed by atoms with E-state index in [0.29, 0.717) is 26.6 Å². The first-order valence-electron chi connectivity index (χ1n) is 11.7. The van der Waals surface area contributed by atoms with Crippen LogP contribution in [0.15, 0.2) is 74.6 Å². The minimum Gasteiger partial charge on any atom is -0.493 e. The zero-order chi connectivity index (χ0) is 29.2. The molecule has 1 aliphatic rings. The summed E-state index contributed by atoms with van der Waals surface area (Å²) in [4.78, 5) is 30.2. The van der Waals surface area contributed by atoms with Crippen molar-refractivity contribution in [1.82, 2.24) is 4.57 Å². The Morgan fingerprint density at radius 3 is 2.58 bits per heavy atom. The summed E-state index contributed by atoms with van der Waals surface area (Å²) in [5, 5.41) is 0.328. The predicted molar refractivity (Wildman–Crippen MR) is 149 cm³/mol. The summed E-state index contributed by atoms with van der Waals surface area (Å²) in [5.41, 5.74) is -2.13. The van der Waals surface area contributed by atoms with Gasteiger partial charge in [0.1, 0.15) is 6.61 Å². The summed E-state index contributed by atoms with van der Waals surface area (Å²) in [6.45, 7) is 5.14. The molecule has 0 N–H and O–H groups in total. The molecule has 1 aliphatic heterocycles. The SMILES string of the molecule is C=CCOc1c(Br)cc(/C=c2\sc3n(c2=O)[C@H](c2ccc(Cl)cc2)C(C(=O)OCC)=C(C(F)(F)F)N=3)cc1OC. The van der Waals surface area contributed by atoms with Crippen molar-refractivity contribution >= 4 is 50.9 Å². The van der Waals surface area contributed by atoms with Gasteiger partial charge < -0.3 is 14.2 Å². The minimum absolute atomic E-state index is 0.0815. The van der Waals surface area contributed by atoms with Gasteiger partial charge in [-0.2, -0.15) is 13.2 Å². The van der Waals surface area contributed by atoms with Gasteiger partial charge >= 0.3 is 12.1 Å². The van der Waals surface area contributed by atoms with E-state index in [-0.39, 0.29) is 28.1 Å². The monoisotopic (exact) mass is 656 g/mol. The molecule has 210 valence electrons. The van der Waals surface area contributed by atoms with E-state index in [4.69, 9.17) is 25.8 Å². The molecule has 2 heterocycles. The number of carbonyl (C=O) groups is 1. The lowest BCUT2D eigenvalue weighted by molar-refractivity contribution is -0.140. The van der Waals surface area contributed by atoms with Crippen LogP contribution in [0.5, 0.6) is 11.5 Å². The molecule has 0 saturated carbocycles. The molecule has 13 heteroatoms. The molecule has 0 amide bonds. The fourth-order valence-electron chi connectivity index (χ4n) is 4.06. The molecule has 0 fully saturated rings. The number of hydrogen-bond donors (Lipinski definition) is 0. The van der Waals surface area contributed by atoms with Crippen LogP contribution in [-0.2, 0) is 9.53 Å². The van der Waals surface area contributed by atoms with Crippen molar-refractivity contribution in [3.63, 3.8) is 0 Å². The molecule has 0 radical (unpaired) electrons. The third kappa shape index (κ3) is 5.89. The van der Waals surface area contributed by atoms with Crippen molar-refractivity contribution in [3.05, 3.63) is 101 Å². The normalized spacial score (nSPS) is 15.4. The van der Waals surface area contributed by atoms with Crippen LogP contribution in [0.3, 0.4) is 0 Å². The zero-order valence-corrected chi connectivity index (χ0v) is 24.2. The first-order valence-corrected chi connectivity index (χ1v) is 13.7. The number of fused-ring (bicyclic) bond motifs is 1.